The molecule has 8 heteroatoms. The summed E-state index contributed by atoms with van der Waals surface area (Å²) in [5.74, 6) is 1.18. The number of hydrogen-bond acceptors (Lipinski definition) is 6. The van der Waals surface area contributed by atoms with Crippen LogP contribution in [0.5, 0.6) is 0 Å². The third-order valence-corrected chi connectivity index (χ3v) is 5.98. The number of carbonyl (C=O) groups excluding carboxylic acids is 2. The summed E-state index contributed by atoms with van der Waals surface area (Å²) < 4.78 is 5.60. The Labute approximate surface area is 206 Å². The number of para-hydroxylation sites is 1. The van der Waals surface area contributed by atoms with E-state index in [1.54, 1.807) is 14.1 Å². The lowest BCUT2D eigenvalue weighted by atomic mass is 10.1. The molecule has 2 amide bonds. The minimum absolute atomic E-state index is 0.131. The minimum atomic E-state index is -0.653. The lowest BCUT2D eigenvalue weighted by molar-refractivity contribution is -0.133. The van der Waals surface area contributed by atoms with Gasteiger partial charge in [-0.3, -0.25) is 9.69 Å². The number of hydrogen-bond donors (Lipinski definition) is 1. The second-order valence-corrected chi connectivity index (χ2v) is 10.2. The first kappa shape index (κ1) is 24.4. The molecule has 0 aliphatic carbocycles. The van der Waals surface area contributed by atoms with Crippen molar-refractivity contribution in [2.75, 3.05) is 26.0 Å². The summed E-state index contributed by atoms with van der Waals surface area (Å²) in [5, 5.41) is 4.40. The first-order valence-corrected chi connectivity index (χ1v) is 11.8. The molecule has 0 spiro atoms. The van der Waals surface area contributed by atoms with Crippen molar-refractivity contribution in [3.05, 3.63) is 54.1 Å². The summed E-state index contributed by atoms with van der Waals surface area (Å²) in [5.41, 5.74) is 2.22. The van der Waals surface area contributed by atoms with Gasteiger partial charge < -0.3 is 15.0 Å². The van der Waals surface area contributed by atoms with Gasteiger partial charge in [0.05, 0.1) is 5.52 Å². The van der Waals surface area contributed by atoms with Crippen molar-refractivity contribution in [1.29, 1.82) is 0 Å². The summed E-state index contributed by atoms with van der Waals surface area (Å²) >= 11 is 0. The Balaban J connectivity index is 1.68. The Bertz CT molecular complexity index is 1250. The van der Waals surface area contributed by atoms with E-state index in [1.807, 2.05) is 76.2 Å². The Morgan fingerprint density at radius 3 is 2.43 bits per heavy atom. The third-order valence-electron chi connectivity index (χ3n) is 5.98. The number of aromatic nitrogens is 2. The molecular formula is C27H33N5O3. The fourth-order valence-corrected chi connectivity index (χ4v) is 4.32. The number of rotatable bonds is 4. The standard InChI is InChI=1S/C27H33N5O3/c1-17-11-7-8-12-19(17)23-29-21-14-10-9-13-20(21)24(30-23)28-18-15-22(25(33)31(5)6)32(16-18)26(34)35-27(2,3)4/h7-14,18,22H,15-16H2,1-6H3,(H,28,29,30)/t18-,22+/m0/s1. The van der Waals surface area contributed by atoms with E-state index in [0.717, 1.165) is 22.0 Å². The molecule has 1 N–H and O–H groups in total. The number of fused-ring (bicyclic) bond motifs is 1. The zero-order chi connectivity index (χ0) is 25.3. The molecule has 0 saturated carbocycles. The number of likely N-dealkylation sites (tertiary alicyclic amines) is 1. The maximum Gasteiger partial charge on any atom is 0.411 e. The van der Waals surface area contributed by atoms with E-state index in [2.05, 4.69) is 5.32 Å². The smallest absolute Gasteiger partial charge is 0.411 e. The normalized spacial score (nSPS) is 17.9. The summed E-state index contributed by atoms with van der Waals surface area (Å²) in [4.78, 5) is 38.6. The van der Waals surface area contributed by atoms with Crippen LogP contribution in [-0.4, -0.2) is 70.1 Å². The van der Waals surface area contributed by atoms with E-state index in [9.17, 15) is 9.59 Å². The van der Waals surface area contributed by atoms with Crippen LogP contribution in [0.25, 0.3) is 22.3 Å². The lowest BCUT2D eigenvalue weighted by Crippen LogP contribution is -2.47. The number of aryl methyl sites for hydroxylation is 1. The monoisotopic (exact) mass is 475 g/mol. The van der Waals surface area contributed by atoms with E-state index in [1.165, 1.54) is 9.80 Å². The first-order valence-electron chi connectivity index (χ1n) is 11.8. The maximum absolute atomic E-state index is 13.0. The van der Waals surface area contributed by atoms with Crippen molar-refractivity contribution in [3.8, 4) is 11.4 Å². The van der Waals surface area contributed by atoms with Crippen LogP contribution in [0.1, 0.15) is 32.8 Å². The van der Waals surface area contributed by atoms with Gasteiger partial charge in [0, 0.05) is 37.6 Å². The van der Waals surface area contributed by atoms with Crippen LogP contribution in [0.3, 0.4) is 0 Å². The van der Waals surface area contributed by atoms with E-state index in [0.29, 0.717) is 24.6 Å². The Kier molecular flexibility index (Phi) is 6.65. The van der Waals surface area contributed by atoms with E-state index < -0.39 is 17.7 Å². The number of nitrogens with one attached hydrogen (secondary N) is 1. The van der Waals surface area contributed by atoms with Gasteiger partial charge in [-0.2, -0.15) is 0 Å². The van der Waals surface area contributed by atoms with Gasteiger partial charge in [0.15, 0.2) is 5.82 Å². The van der Waals surface area contributed by atoms with Gasteiger partial charge in [0.2, 0.25) is 5.91 Å². The highest BCUT2D eigenvalue weighted by Crippen LogP contribution is 2.30. The zero-order valence-electron chi connectivity index (χ0n) is 21.2. The van der Waals surface area contributed by atoms with Gasteiger partial charge in [-0.25, -0.2) is 14.8 Å². The van der Waals surface area contributed by atoms with Gasteiger partial charge in [0.25, 0.3) is 0 Å². The number of carbonyl (C=O) groups is 2. The topological polar surface area (TPSA) is 87.7 Å². The molecule has 1 aromatic heterocycles. The van der Waals surface area contributed by atoms with Crippen LogP contribution in [0, 0.1) is 6.92 Å². The largest absolute Gasteiger partial charge is 0.444 e. The van der Waals surface area contributed by atoms with E-state index >= 15 is 0 Å². The third kappa shape index (κ3) is 5.37. The second-order valence-electron chi connectivity index (χ2n) is 10.2. The highest BCUT2D eigenvalue weighted by Gasteiger charge is 2.42. The predicted octanol–water partition coefficient (Wildman–Crippen LogP) is 4.48. The molecule has 0 radical (unpaired) electrons. The number of likely N-dealkylation sites (N-methyl/N-ethyl adjacent to an activating group) is 1. The first-order chi connectivity index (χ1) is 16.5. The van der Waals surface area contributed by atoms with E-state index in [4.69, 9.17) is 14.7 Å². The molecule has 0 unspecified atom stereocenters. The quantitative estimate of drug-likeness (QED) is 0.599. The number of benzene rings is 2. The van der Waals surface area contributed by atoms with Crippen LogP contribution in [0.2, 0.25) is 0 Å². The average Bonchev–Trinajstić information content (AvgIpc) is 3.21. The molecule has 3 aromatic rings. The fourth-order valence-electron chi connectivity index (χ4n) is 4.32. The van der Waals surface area contributed by atoms with Crippen molar-refractivity contribution in [3.63, 3.8) is 0 Å². The Morgan fingerprint density at radius 2 is 1.74 bits per heavy atom. The molecule has 1 aliphatic rings. The average molecular weight is 476 g/mol. The molecule has 8 nitrogen and oxygen atoms in total. The van der Waals surface area contributed by atoms with Crippen molar-refractivity contribution >= 4 is 28.7 Å². The summed E-state index contributed by atoms with van der Waals surface area (Å²) in [6.07, 6.45) is -0.0379. The molecule has 2 atom stereocenters. The molecule has 1 fully saturated rings. The number of anilines is 1. The van der Waals surface area contributed by atoms with Gasteiger partial charge >= 0.3 is 6.09 Å². The molecule has 2 aromatic carbocycles. The Hall–Kier alpha value is -3.68. The fraction of sp³-hybridized carbons (Fsp3) is 0.407. The summed E-state index contributed by atoms with van der Waals surface area (Å²) in [6.45, 7) is 7.82. The highest BCUT2D eigenvalue weighted by atomic mass is 16.6. The Morgan fingerprint density at radius 1 is 1.06 bits per heavy atom. The van der Waals surface area contributed by atoms with Crippen molar-refractivity contribution in [2.45, 2.75) is 51.8 Å². The van der Waals surface area contributed by atoms with Crippen LogP contribution < -0.4 is 5.32 Å². The van der Waals surface area contributed by atoms with Gasteiger partial charge in [-0.1, -0.05) is 36.4 Å². The molecule has 0 bridgehead atoms. The summed E-state index contributed by atoms with van der Waals surface area (Å²) in [7, 11) is 3.39. The molecule has 184 valence electrons. The maximum atomic E-state index is 13.0. The highest BCUT2D eigenvalue weighted by molar-refractivity contribution is 5.91. The predicted molar refractivity (Wildman–Crippen MR) is 137 cm³/mol. The van der Waals surface area contributed by atoms with Crippen molar-refractivity contribution < 1.29 is 14.3 Å². The van der Waals surface area contributed by atoms with Gasteiger partial charge in [-0.05, 0) is 51.8 Å². The molecule has 4 rings (SSSR count). The van der Waals surface area contributed by atoms with Crippen LogP contribution in [0.4, 0.5) is 10.6 Å². The SMILES string of the molecule is Cc1ccccc1-c1nc(N[C@H]2C[C@H](C(=O)N(C)C)N(C(=O)OC(C)(C)C)C2)c2ccccc2n1. The molecule has 35 heavy (non-hydrogen) atoms. The molecule has 2 heterocycles. The van der Waals surface area contributed by atoms with Crippen LogP contribution in [0.15, 0.2) is 48.5 Å². The molecule has 1 aliphatic heterocycles. The van der Waals surface area contributed by atoms with E-state index in [-0.39, 0.29) is 11.9 Å². The second kappa shape index (κ2) is 9.52. The van der Waals surface area contributed by atoms with Gasteiger partial charge in [0.1, 0.15) is 17.5 Å². The van der Waals surface area contributed by atoms with Crippen molar-refractivity contribution in [1.82, 2.24) is 19.8 Å². The van der Waals surface area contributed by atoms with Crippen LogP contribution in [-0.2, 0) is 9.53 Å². The van der Waals surface area contributed by atoms with Gasteiger partial charge in [-0.15, -0.1) is 0 Å². The molecule has 1 saturated heterocycles. The van der Waals surface area contributed by atoms with Crippen LogP contribution >= 0.6 is 0 Å². The number of amides is 2. The lowest BCUT2D eigenvalue weighted by Gasteiger charge is -2.29. The minimum Gasteiger partial charge on any atom is -0.444 e. The summed E-state index contributed by atoms with van der Waals surface area (Å²) in [6, 6.07) is 15.1. The van der Waals surface area contributed by atoms with Crippen molar-refractivity contribution in [2.24, 2.45) is 0 Å². The zero-order valence-corrected chi connectivity index (χ0v) is 21.2. The number of nitrogens with zero attached hydrogens (tertiary/aromatic N) is 4. The molecular weight excluding hydrogens is 442 g/mol. The number of ether oxygens (including phenoxy) is 1.